The van der Waals surface area contributed by atoms with E-state index in [1.165, 1.54) is 25.7 Å². The number of rotatable bonds is 4. The maximum absolute atomic E-state index is 12.2. The van der Waals surface area contributed by atoms with E-state index in [4.69, 9.17) is 0 Å². The van der Waals surface area contributed by atoms with E-state index in [9.17, 15) is 9.90 Å². The molecule has 1 saturated heterocycles. The molecule has 5 nitrogen and oxygen atoms in total. The minimum absolute atomic E-state index is 0.0367. The largest absolute Gasteiger partial charge is 0.507 e. The van der Waals surface area contributed by atoms with Crippen molar-refractivity contribution in [2.24, 2.45) is 0 Å². The summed E-state index contributed by atoms with van der Waals surface area (Å²) in [6.45, 7) is 4.29. The quantitative estimate of drug-likeness (QED) is 0.896. The van der Waals surface area contributed by atoms with Crippen molar-refractivity contribution in [1.82, 2.24) is 10.3 Å². The molecule has 2 N–H and O–H groups in total. The van der Waals surface area contributed by atoms with Crippen LogP contribution in [0.4, 0.5) is 5.82 Å². The van der Waals surface area contributed by atoms with E-state index < -0.39 is 0 Å². The van der Waals surface area contributed by atoms with Gasteiger partial charge in [-0.3, -0.25) is 4.79 Å². The highest BCUT2D eigenvalue weighted by molar-refractivity contribution is 5.97. The van der Waals surface area contributed by atoms with Crippen LogP contribution < -0.4 is 10.2 Å². The van der Waals surface area contributed by atoms with Crippen LogP contribution in [0, 0.1) is 6.92 Å². The number of aromatic nitrogens is 1. The van der Waals surface area contributed by atoms with Crippen LogP contribution in [0.1, 0.15) is 47.2 Å². The van der Waals surface area contributed by atoms with E-state index >= 15 is 0 Å². The van der Waals surface area contributed by atoms with Crippen molar-refractivity contribution in [3.05, 3.63) is 53.2 Å². The van der Waals surface area contributed by atoms with Gasteiger partial charge in [-0.2, -0.15) is 0 Å². The van der Waals surface area contributed by atoms with Gasteiger partial charge in [0.1, 0.15) is 11.6 Å². The van der Waals surface area contributed by atoms with Crippen LogP contribution in [0.2, 0.25) is 0 Å². The second-order valence-electron chi connectivity index (χ2n) is 6.58. The van der Waals surface area contributed by atoms with Gasteiger partial charge in [0.2, 0.25) is 0 Å². The Morgan fingerprint density at radius 3 is 2.60 bits per heavy atom. The average molecular weight is 339 g/mol. The molecule has 1 amide bonds. The van der Waals surface area contributed by atoms with Crippen LogP contribution in [0.25, 0.3) is 0 Å². The number of para-hydroxylation sites is 1. The Labute approximate surface area is 148 Å². The van der Waals surface area contributed by atoms with Crippen LogP contribution in [-0.4, -0.2) is 29.1 Å². The average Bonchev–Trinajstić information content (AvgIpc) is 2.92. The summed E-state index contributed by atoms with van der Waals surface area (Å²) < 4.78 is 0. The molecule has 2 heterocycles. The molecule has 0 unspecified atom stereocenters. The van der Waals surface area contributed by atoms with Gasteiger partial charge in [-0.15, -0.1) is 0 Å². The monoisotopic (exact) mass is 339 g/mol. The summed E-state index contributed by atoms with van der Waals surface area (Å²) in [6.07, 6.45) is 6.86. The molecule has 25 heavy (non-hydrogen) atoms. The number of phenolic OH excluding ortho intramolecular Hbond substituents is 1. The smallest absolute Gasteiger partial charge is 0.255 e. The molecule has 1 aliphatic rings. The number of hydrogen-bond acceptors (Lipinski definition) is 4. The lowest BCUT2D eigenvalue weighted by molar-refractivity contribution is 0.0948. The number of hydrogen-bond donors (Lipinski definition) is 2. The fraction of sp³-hybridized carbons (Fsp3) is 0.400. The van der Waals surface area contributed by atoms with Crippen molar-refractivity contribution in [1.29, 1.82) is 0 Å². The number of carbonyl (C=O) groups is 1. The molecule has 0 bridgehead atoms. The van der Waals surface area contributed by atoms with Gasteiger partial charge in [0.05, 0.1) is 5.56 Å². The maximum Gasteiger partial charge on any atom is 0.255 e. The highest BCUT2D eigenvalue weighted by atomic mass is 16.3. The SMILES string of the molecule is Cc1cccc(C(=O)NCc2ccc(N3CCCCCC3)nc2)c1O. The fourth-order valence-electron chi connectivity index (χ4n) is 3.13. The first-order valence-corrected chi connectivity index (χ1v) is 8.92. The number of phenols is 1. The molecule has 0 atom stereocenters. The molecule has 132 valence electrons. The summed E-state index contributed by atoms with van der Waals surface area (Å²) in [7, 11) is 0. The van der Waals surface area contributed by atoms with Crippen molar-refractivity contribution in [3.63, 3.8) is 0 Å². The van der Waals surface area contributed by atoms with E-state index in [1.54, 1.807) is 25.1 Å². The minimum Gasteiger partial charge on any atom is -0.507 e. The zero-order valence-corrected chi connectivity index (χ0v) is 14.7. The van der Waals surface area contributed by atoms with E-state index in [2.05, 4.69) is 15.2 Å². The number of carbonyl (C=O) groups excluding carboxylic acids is 1. The Balaban J connectivity index is 1.60. The van der Waals surface area contributed by atoms with Crippen LogP contribution in [-0.2, 0) is 6.54 Å². The molecule has 0 radical (unpaired) electrons. The third-order valence-electron chi connectivity index (χ3n) is 4.67. The van der Waals surface area contributed by atoms with Gasteiger partial charge in [-0.25, -0.2) is 4.98 Å². The molecule has 0 spiro atoms. The molecular formula is C20H25N3O2. The second-order valence-corrected chi connectivity index (χ2v) is 6.58. The number of aryl methyl sites for hydroxylation is 1. The topological polar surface area (TPSA) is 65.5 Å². The number of amides is 1. The first-order chi connectivity index (χ1) is 12.1. The predicted octanol–water partition coefficient (Wildman–Crippen LogP) is 3.41. The summed E-state index contributed by atoms with van der Waals surface area (Å²) in [6, 6.07) is 9.19. The number of nitrogens with one attached hydrogen (secondary N) is 1. The molecule has 1 aliphatic heterocycles. The Morgan fingerprint density at radius 1 is 1.16 bits per heavy atom. The lowest BCUT2D eigenvalue weighted by Crippen LogP contribution is -2.25. The van der Waals surface area contributed by atoms with E-state index in [0.717, 1.165) is 24.5 Å². The number of benzene rings is 1. The van der Waals surface area contributed by atoms with Crippen LogP contribution in [0.3, 0.4) is 0 Å². The Hall–Kier alpha value is -2.56. The van der Waals surface area contributed by atoms with Crippen molar-refractivity contribution < 1.29 is 9.90 Å². The lowest BCUT2D eigenvalue weighted by atomic mass is 10.1. The Kier molecular flexibility index (Phi) is 5.53. The highest BCUT2D eigenvalue weighted by Gasteiger charge is 2.13. The van der Waals surface area contributed by atoms with E-state index in [1.807, 2.05) is 18.3 Å². The van der Waals surface area contributed by atoms with Crippen molar-refractivity contribution in [2.75, 3.05) is 18.0 Å². The van der Waals surface area contributed by atoms with Gasteiger partial charge in [0, 0.05) is 25.8 Å². The van der Waals surface area contributed by atoms with Crippen molar-refractivity contribution in [2.45, 2.75) is 39.2 Å². The Morgan fingerprint density at radius 2 is 1.92 bits per heavy atom. The summed E-state index contributed by atoms with van der Waals surface area (Å²) >= 11 is 0. The molecule has 3 rings (SSSR count). The molecule has 0 saturated carbocycles. The lowest BCUT2D eigenvalue weighted by Gasteiger charge is -2.21. The van der Waals surface area contributed by atoms with Gasteiger partial charge in [-0.05, 0) is 43.0 Å². The summed E-state index contributed by atoms with van der Waals surface area (Å²) in [5, 5.41) is 12.8. The van der Waals surface area contributed by atoms with Crippen LogP contribution in [0.5, 0.6) is 5.75 Å². The van der Waals surface area contributed by atoms with Crippen molar-refractivity contribution in [3.8, 4) is 5.75 Å². The van der Waals surface area contributed by atoms with Crippen LogP contribution >= 0.6 is 0 Å². The molecule has 1 fully saturated rings. The number of pyridine rings is 1. The highest BCUT2D eigenvalue weighted by Crippen LogP contribution is 2.21. The summed E-state index contributed by atoms with van der Waals surface area (Å²) in [5.74, 6) is 0.765. The first kappa shape index (κ1) is 17.3. The number of aromatic hydroxyl groups is 1. The van der Waals surface area contributed by atoms with Gasteiger partial charge in [-0.1, -0.05) is 31.0 Å². The third kappa shape index (κ3) is 4.29. The molecule has 1 aromatic carbocycles. The minimum atomic E-state index is -0.280. The number of anilines is 1. The Bertz CT molecular complexity index is 720. The van der Waals surface area contributed by atoms with E-state index in [0.29, 0.717) is 17.7 Å². The number of nitrogens with zero attached hydrogens (tertiary/aromatic N) is 2. The standard InChI is InChI=1S/C20H25N3O2/c1-15-7-6-8-17(19(15)24)20(25)22-14-16-9-10-18(21-13-16)23-11-4-2-3-5-12-23/h6-10,13,24H,2-5,11-12,14H2,1H3,(H,22,25). The normalized spacial score (nSPS) is 14.8. The second kappa shape index (κ2) is 8.01. The van der Waals surface area contributed by atoms with Crippen LogP contribution in [0.15, 0.2) is 36.5 Å². The zero-order valence-electron chi connectivity index (χ0n) is 14.7. The predicted molar refractivity (Wildman–Crippen MR) is 98.9 cm³/mol. The fourth-order valence-corrected chi connectivity index (χ4v) is 3.13. The van der Waals surface area contributed by atoms with Gasteiger partial charge >= 0.3 is 0 Å². The molecular weight excluding hydrogens is 314 g/mol. The summed E-state index contributed by atoms with van der Waals surface area (Å²) in [5.41, 5.74) is 1.93. The van der Waals surface area contributed by atoms with Gasteiger partial charge in [0.25, 0.3) is 5.91 Å². The van der Waals surface area contributed by atoms with E-state index in [-0.39, 0.29) is 11.7 Å². The van der Waals surface area contributed by atoms with Gasteiger partial charge < -0.3 is 15.3 Å². The van der Waals surface area contributed by atoms with Crippen molar-refractivity contribution >= 4 is 11.7 Å². The molecule has 2 aromatic rings. The molecule has 1 aromatic heterocycles. The molecule has 0 aliphatic carbocycles. The first-order valence-electron chi connectivity index (χ1n) is 8.92. The van der Waals surface area contributed by atoms with Gasteiger partial charge in [0.15, 0.2) is 0 Å². The zero-order chi connectivity index (χ0) is 17.6. The molecule has 5 heteroatoms. The maximum atomic E-state index is 12.2. The third-order valence-corrected chi connectivity index (χ3v) is 4.67. The summed E-state index contributed by atoms with van der Waals surface area (Å²) in [4.78, 5) is 19.1.